The molecule has 1 aliphatic carbocycles. The van der Waals surface area contributed by atoms with Gasteiger partial charge in [-0.15, -0.1) is 0 Å². The normalized spacial score (nSPS) is 18.8. The highest BCUT2D eigenvalue weighted by molar-refractivity contribution is 5.63. The average molecular weight is 421 g/mol. The molecule has 0 bridgehead atoms. The Morgan fingerprint density at radius 1 is 0.903 bits per heavy atom. The molecule has 0 unspecified atom stereocenters. The quantitative estimate of drug-likeness (QED) is 0.610. The molecule has 9 heteroatoms. The first-order valence-corrected chi connectivity index (χ1v) is 10.1. The standard InChI is InChI=1S/C22H23N5O4/c1-28-15-7-6-13(10-18(15)29-2)26-22-23-9-8-20(27-22)25-14-11-19-21(24-12-14)31-17-5-3-4-16(17)30-19/h6-12,16-17H,3-5H2,1-2H3,(H2,23,25,26,27)/t16-,17-/m0/s1. The van der Waals surface area contributed by atoms with E-state index in [1.54, 1.807) is 32.7 Å². The summed E-state index contributed by atoms with van der Waals surface area (Å²) in [4.78, 5) is 13.2. The molecule has 9 nitrogen and oxygen atoms in total. The van der Waals surface area contributed by atoms with E-state index in [1.165, 1.54) is 0 Å². The van der Waals surface area contributed by atoms with Crippen LogP contribution in [0, 0.1) is 0 Å². The largest absolute Gasteiger partial charge is 0.493 e. The maximum absolute atomic E-state index is 6.08. The van der Waals surface area contributed by atoms with Crippen molar-refractivity contribution in [2.45, 2.75) is 31.5 Å². The van der Waals surface area contributed by atoms with Crippen molar-refractivity contribution in [1.29, 1.82) is 0 Å². The minimum Gasteiger partial charge on any atom is -0.493 e. The van der Waals surface area contributed by atoms with Gasteiger partial charge < -0.3 is 29.6 Å². The topological polar surface area (TPSA) is 99.7 Å². The zero-order valence-corrected chi connectivity index (χ0v) is 17.3. The van der Waals surface area contributed by atoms with Gasteiger partial charge in [0.15, 0.2) is 17.2 Å². The molecule has 2 atom stereocenters. The third-order valence-electron chi connectivity index (χ3n) is 5.32. The third kappa shape index (κ3) is 3.98. The highest BCUT2D eigenvalue weighted by Crippen LogP contribution is 2.39. The Balaban J connectivity index is 1.31. The van der Waals surface area contributed by atoms with Gasteiger partial charge in [0.25, 0.3) is 5.88 Å². The van der Waals surface area contributed by atoms with E-state index in [-0.39, 0.29) is 12.2 Å². The van der Waals surface area contributed by atoms with Crippen LogP contribution in [-0.2, 0) is 0 Å². The van der Waals surface area contributed by atoms with E-state index in [0.29, 0.717) is 34.9 Å². The van der Waals surface area contributed by atoms with E-state index in [1.807, 2.05) is 24.3 Å². The molecular weight excluding hydrogens is 398 g/mol. The second-order valence-corrected chi connectivity index (χ2v) is 7.36. The van der Waals surface area contributed by atoms with Crippen molar-refractivity contribution in [1.82, 2.24) is 15.0 Å². The summed E-state index contributed by atoms with van der Waals surface area (Å²) in [5.74, 6) is 3.54. The number of aromatic nitrogens is 3. The summed E-state index contributed by atoms with van der Waals surface area (Å²) in [6, 6.07) is 9.18. The molecule has 2 aliphatic rings. The van der Waals surface area contributed by atoms with Gasteiger partial charge in [0.1, 0.15) is 18.0 Å². The molecule has 2 aromatic heterocycles. The van der Waals surface area contributed by atoms with Crippen LogP contribution in [0.2, 0.25) is 0 Å². The van der Waals surface area contributed by atoms with E-state index >= 15 is 0 Å². The van der Waals surface area contributed by atoms with Crippen molar-refractivity contribution in [2.24, 2.45) is 0 Å². The lowest BCUT2D eigenvalue weighted by Gasteiger charge is -2.28. The fraction of sp³-hybridized carbons (Fsp3) is 0.318. The number of nitrogens with one attached hydrogen (secondary N) is 2. The van der Waals surface area contributed by atoms with Crippen LogP contribution in [0.1, 0.15) is 19.3 Å². The molecule has 160 valence electrons. The van der Waals surface area contributed by atoms with Crippen molar-refractivity contribution in [2.75, 3.05) is 24.9 Å². The lowest BCUT2D eigenvalue weighted by Crippen LogP contribution is -2.35. The molecule has 3 heterocycles. The number of hydrogen-bond acceptors (Lipinski definition) is 9. The molecule has 0 amide bonds. The summed E-state index contributed by atoms with van der Waals surface area (Å²) in [6.45, 7) is 0. The molecule has 0 radical (unpaired) electrons. The number of benzene rings is 1. The van der Waals surface area contributed by atoms with E-state index < -0.39 is 0 Å². The highest BCUT2D eigenvalue weighted by atomic mass is 16.6. The van der Waals surface area contributed by atoms with Crippen LogP contribution >= 0.6 is 0 Å². The molecule has 0 spiro atoms. The first-order valence-electron chi connectivity index (χ1n) is 10.1. The van der Waals surface area contributed by atoms with Gasteiger partial charge >= 0.3 is 0 Å². The van der Waals surface area contributed by atoms with Crippen LogP contribution in [0.4, 0.5) is 23.1 Å². The van der Waals surface area contributed by atoms with Gasteiger partial charge in [0, 0.05) is 24.0 Å². The maximum atomic E-state index is 6.08. The Kier molecular flexibility index (Phi) is 5.07. The highest BCUT2D eigenvalue weighted by Gasteiger charge is 2.36. The minimum absolute atomic E-state index is 0.112. The second kappa shape index (κ2) is 8.17. The Bertz CT molecular complexity index is 1090. The third-order valence-corrected chi connectivity index (χ3v) is 5.32. The summed E-state index contributed by atoms with van der Waals surface area (Å²) in [5.41, 5.74) is 1.54. The summed E-state index contributed by atoms with van der Waals surface area (Å²) in [6.07, 6.45) is 6.76. The zero-order valence-electron chi connectivity index (χ0n) is 17.3. The number of fused-ring (bicyclic) bond motifs is 2. The Morgan fingerprint density at radius 2 is 1.74 bits per heavy atom. The van der Waals surface area contributed by atoms with Crippen molar-refractivity contribution < 1.29 is 18.9 Å². The van der Waals surface area contributed by atoms with Gasteiger partial charge in [-0.25, -0.2) is 9.97 Å². The summed E-state index contributed by atoms with van der Waals surface area (Å²) < 4.78 is 22.7. The molecule has 2 N–H and O–H groups in total. The van der Waals surface area contributed by atoms with Gasteiger partial charge in [-0.3, -0.25) is 0 Å². The fourth-order valence-corrected chi connectivity index (χ4v) is 3.82. The van der Waals surface area contributed by atoms with Crippen LogP contribution < -0.4 is 29.6 Å². The second-order valence-electron chi connectivity index (χ2n) is 7.36. The average Bonchev–Trinajstić information content (AvgIpc) is 3.25. The smallest absolute Gasteiger partial charge is 0.257 e. The first-order chi connectivity index (χ1) is 15.2. The van der Waals surface area contributed by atoms with Crippen molar-refractivity contribution in [3.05, 3.63) is 42.7 Å². The molecule has 0 saturated heterocycles. The minimum atomic E-state index is 0.112. The molecule has 31 heavy (non-hydrogen) atoms. The Hall–Kier alpha value is -3.75. The van der Waals surface area contributed by atoms with E-state index in [2.05, 4.69) is 25.6 Å². The van der Waals surface area contributed by atoms with Crippen LogP contribution in [0.3, 0.4) is 0 Å². The van der Waals surface area contributed by atoms with Gasteiger partial charge in [0.05, 0.1) is 26.1 Å². The van der Waals surface area contributed by atoms with Crippen molar-refractivity contribution >= 4 is 23.1 Å². The van der Waals surface area contributed by atoms with E-state index in [0.717, 1.165) is 30.6 Å². The number of rotatable bonds is 6. The van der Waals surface area contributed by atoms with Crippen LogP contribution in [-0.4, -0.2) is 41.4 Å². The number of ether oxygens (including phenoxy) is 4. The predicted molar refractivity (Wildman–Crippen MR) is 115 cm³/mol. The zero-order chi connectivity index (χ0) is 21.2. The van der Waals surface area contributed by atoms with Crippen molar-refractivity contribution in [3.63, 3.8) is 0 Å². The number of anilines is 4. The first kappa shape index (κ1) is 19.2. The molecule has 1 aromatic carbocycles. The van der Waals surface area contributed by atoms with Gasteiger partial charge in [0.2, 0.25) is 5.95 Å². The predicted octanol–water partition coefficient (Wildman–Crippen LogP) is 4.07. The van der Waals surface area contributed by atoms with E-state index in [9.17, 15) is 0 Å². The fourth-order valence-electron chi connectivity index (χ4n) is 3.82. The number of nitrogens with zero attached hydrogens (tertiary/aromatic N) is 3. The molecule has 3 aromatic rings. The summed E-state index contributed by atoms with van der Waals surface area (Å²) in [5, 5.41) is 6.42. The lowest BCUT2D eigenvalue weighted by atomic mass is 10.2. The number of pyridine rings is 1. The van der Waals surface area contributed by atoms with Gasteiger partial charge in [-0.05, 0) is 37.5 Å². The lowest BCUT2D eigenvalue weighted by molar-refractivity contribution is 0.0383. The SMILES string of the molecule is COc1ccc(Nc2nccc(Nc3cnc4c(c3)O[C@H]3CCC[C@@H]3O4)n2)cc1OC. The molecule has 1 fully saturated rings. The molecule has 5 rings (SSSR count). The Morgan fingerprint density at radius 3 is 2.58 bits per heavy atom. The number of hydrogen-bond donors (Lipinski definition) is 2. The molecule has 1 aliphatic heterocycles. The van der Waals surface area contributed by atoms with Gasteiger partial charge in [-0.1, -0.05) is 0 Å². The summed E-state index contributed by atoms with van der Waals surface area (Å²) >= 11 is 0. The van der Waals surface area contributed by atoms with Crippen LogP contribution in [0.5, 0.6) is 23.1 Å². The molecule has 1 saturated carbocycles. The van der Waals surface area contributed by atoms with Crippen molar-refractivity contribution in [3.8, 4) is 23.1 Å². The van der Waals surface area contributed by atoms with Crippen LogP contribution in [0.25, 0.3) is 0 Å². The maximum Gasteiger partial charge on any atom is 0.257 e. The Labute approximate surface area is 179 Å². The number of methoxy groups -OCH3 is 2. The summed E-state index contributed by atoms with van der Waals surface area (Å²) in [7, 11) is 3.19. The van der Waals surface area contributed by atoms with Gasteiger partial charge in [-0.2, -0.15) is 4.98 Å². The van der Waals surface area contributed by atoms with Crippen LogP contribution in [0.15, 0.2) is 42.7 Å². The molecular formula is C22H23N5O4. The monoisotopic (exact) mass is 421 g/mol. The van der Waals surface area contributed by atoms with E-state index in [4.69, 9.17) is 18.9 Å².